The number of hydrogen-bond donors (Lipinski definition) is 2. The third-order valence-electron chi connectivity index (χ3n) is 5.99. The molecule has 1 aromatic rings. The van der Waals surface area contributed by atoms with Gasteiger partial charge >= 0.3 is 0 Å². The Morgan fingerprint density at radius 1 is 1.22 bits per heavy atom. The first-order valence-electron chi connectivity index (χ1n) is 9.66. The largest absolute Gasteiger partial charge is 0.314 e. The summed E-state index contributed by atoms with van der Waals surface area (Å²) in [6.07, 6.45) is 0.948. The van der Waals surface area contributed by atoms with Gasteiger partial charge in [0.2, 0.25) is 17.7 Å². The van der Waals surface area contributed by atoms with Crippen molar-refractivity contribution in [3.63, 3.8) is 0 Å². The van der Waals surface area contributed by atoms with Crippen molar-refractivity contribution >= 4 is 23.4 Å². The van der Waals surface area contributed by atoms with E-state index in [1.54, 1.807) is 4.90 Å². The zero-order chi connectivity index (χ0) is 19.1. The number of hydrogen-bond acceptors (Lipinski definition) is 4. The van der Waals surface area contributed by atoms with Gasteiger partial charge in [0, 0.05) is 24.6 Å². The molecule has 6 nitrogen and oxygen atoms in total. The van der Waals surface area contributed by atoms with Gasteiger partial charge in [0.05, 0.1) is 5.92 Å². The van der Waals surface area contributed by atoms with E-state index in [9.17, 15) is 18.8 Å². The molecule has 3 aliphatic rings. The van der Waals surface area contributed by atoms with Gasteiger partial charge in [-0.3, -0.25) is 24.6 Å². The Morgan fingerprint density at radius 3 is 2.74 bits per heavy atom. The molecule has 2 N–H and O–H groups in total. The molecule has 0 bridgehead atoms. The van der Waals surface area contributed by atoms with Gasteiger partial charge in [0.1, 0.15) is 12.2 Å². The molecular formula is C20H24FN3O3. The number of amides is 3. The fraction of sp³-hybridized carbons (Fsp3) is 0.550. The van der Waals surface area contributed by atoms with Crippen molar-refractivity contribution in [2.45, 2.75) is 56.7 Å². The molecular weight excluding hydrogens is 349 g/mol. The molecule has 0 aromatic heterocycles. The number of halogens is 1. The molecule has 27 heavy (non-hydrogen) atoms. The zero-order valence-corrected chi connectivity index (χ0v) is 15.3. The quantitative estimate of drug-likeness (QED) is 0.792. The molecule has 2 saturated heterocycles. The Balaban J connectivity index is 1.69. The smallest absolute Gasteiger partial charge is 0.249 e. The highest BCUT2D eigenvalue weighted by Crippen LogP contribution is 2.43. The van der Waals surface area contributed by atoms with E-state index in [2.05, 4.69) is 10.6 Å². The Hall–Kier alpha value is -2.28. The van der Waals surface area contributed by atoms with Crippen LogP contribution in [0.4, 0.5) is 10.1 Å². The van der Waals surface area contributed by atoms with Crippen molar-refractivity contribution in [3.8, 4) is 0 Å². The van der Waals surface area contributed by atoms with E-state index >= 15 is 0 Å². The minimum atomic E-state index is -0.944. The topological polar surface area (TPSA) is 78.5 Å². The number of rotatable bonds is 3. The molecule has 3 heterocycles. The number of nitrogens with zero attached hydrogens (tertiary/aromatic N) is 1. The number of imide groups is 1. The number of fused-ring (bicyclic) bond motifs is 1. The van der Waals surface area contributed by atoms with Crippen LogP contribution in [0.25, 0.3) is 0 Å². The van der Waals surface area contributed by atoms with Crippen molar-refractivity contribution in [1.82, 2.24) is 10.6 Å². The van der Waals surface area contributed by atoms with Crippen LogP contribution in [0, 0.1) is 0 Å². The van der Waals surface area contributed by atoms with Crippen LogP contribution in [0.3, 0.4) is 0 Å². The molecule has 4 rings (SSSR count). The second-order valence-corrected chi connectivity index (χ2v) is 7.57. The molecule has 3 aliphatic heterocycles. The van der Waals surface area contributed by atoms with Crippen LogP contribution in [0.15, 0.2) is 18.2 Å². The number of anilines is 1. The van der Waals surface area contributed by atoms with Crippen LogP contribution in [-0.2, 0) is 14.4 Å². The number of benzene rings is 1. The summed E-state index contributed by atoms with van der Waals surface area (Å²) in [6, 6.07) is 5.02. The van der Waals surface area contributed by atoms with Gasteiger partial charge in [-0.2, -0.15) is 0 Å². The summed E-state index contributed by atoms with van der Waals surface area (Å²) < 4.78 is 14.4. The van der Waals surface area contributed by atoms with E-state index in [0.29, 0.717) is 19.4 Å². The summed E-state index contributed by atoms with van der Waals surface area (Å²) in [6.45, 7) is 3.07. The fourth-order valence-electron chi connectivity index (χ4n) is 4.56. The lowest BCUT2D eigenvalue weighted by Crippen LogP contribution is -2.53. The molecule has 4 atom stereocenters. The first-order chi connectivity index (χ1) is 13.0. The molecule has 1 aromatic carbocycles. The Morgan fingerprint density at radius 2 is 2.04 bits per heavy atom. The average Bonchev–Trinajstić information content (AvgIpc) is 2.93. The van der Waals surface area contributed by atoms with E-state index in [0.717, 1.165) is 29.8 Å². The maximum atomic E-state index is 14.4. The van der Waals surface area contributed by atoms with E-state index < -0.39 is 18.1 Å². The van der Waals surface area contributed by atoms with Crippen LogP contribution in [0.5, 0.6) is 0 Å². The summed E-state index contributed by atoms with van der Waals surface area (Å²) in [5.41, 5.74) is 2.50. The Kier molecular flexibility index (Phi) is 4.72. The van der Waals surface area contributed by atoms with Crippen molar-refractivity contribution in [1.29, 1.82) is 0 Å². The number of alkyl halides is 1. The van der Waals surface area contributed by atoms with Crippen LogP contribution >= 0.6 is 0 Å². The number of nitrogens with one attached hydrogen (secondary N) is 2. The van der Waals surface area contributed by atoms with Gasteiger partial charge in [0.25, 0.3) is 0 Å². The van der Waals surface area contributed by atoms with Gasteiger partial charge in [-0.05, 0) is 43.0 Å². The van der Waals surface area contributed by atoms with E-state index in [1.807, 2.05) is 25.1 Å². The van der Waals surface area contributed by atoms with Gasteiger partial charge in [-0.25, -0.2) is 4.39 Å². The summed E-state index contributed by atoms with van der Waals surface area (Å²) in [7, 11) is 0. The first kappa shape index (κ1) is 18.1. The highest BCUT2D eigenvalue weighted by molar-refractivity contribution is 6.12. The van der Waals surface area contributed by atoms with Crippen LogP contribution in [0.1, 0.15) is 55.6 Å². The maximum absolute atomic E-state index is 14.4. The number of piperidine rings is 2. The van der Waals surface area contributed by atoms with Crippen molar-refractivity contribution in [2.24, 2.45) is 0 Å². The van der Waals surface area contributed by atoms with Gasteiger partial charge < -0.3 is 5.32 Å². The predicted molar refractivity (Wildman–Crippen MR) is 98.3 cm³/mol. The lowest BCUT2D eigenvalue weighted by molar-refractivity contribution is -0.135. The Bertz CT molecular complexity index is 797. The third kappa shape index (κ3) is 3.04. The molecule has 0 spiro atoms. The molecule has 144 valence electrons. The second kappa shape index (κ2) is 7.03. The minimum Gasteiger partial charge on any atom is -0.314 e. The normalized spacial score (nSPS) is 31.0. The number of carbonyl (C=O) groups excluding carboxylic acids is 3. The monoisotopic (exact) mass is 373 g/mol. The van der Waals surface area contributed by atoms with Gasteiger partial charge in [0.15, 0.2) is 0 Å². The van der Waals surface area contributed by atoms with Crippen molar-refractivity contribution in [3.05, 3.63) is 29.3 Å². The van der Waals surface area contributed by atoms with Crippen LogP contribution in [-0.4, -0.2) is 43.0 Å². The maximum Gasteiger partial charge on any atom is 0.249 e. The lowest BCUT2D eigenvalue weighted by Gasteiger charge is -2.31. The minimum absolute atomic E-state index is 0.110. The van der Waals surface area contributed by atoms with Gasteiger partial charge in [-0.1, -0.05) is 19.1 Å². The SMILES string of the molecule is CCC1C(=O)N(C2CCC(=O)NC2=O)c2ccc(C3CCNCC3F)cc21. The molecule has 4 unspecified atom stereocenters. The molecule has 2 fully saturated rings. The summed E-state index contributed by atoms with van der Waals surface area (Å²) in [5, 5.41) is 5.39. The summed E-state index contributed by atoms with van der Waals surface area (Å²) in [5.74, 6) is -1.33. The third-order valence-corrected chi connectivity index (χ3v) is 5.99. The number of carbonyl (C=O) groups is 3. The standard InChI is InChI=1S/C20H24FN3O3/c1-2-12-14-9-11(13-7-8-22-10-15(13)21)3-4-16(14)24(20(12)27)17-5-6-18(25)23-19(17)26/h3-4,9,12-13,15,17,22H,2,5-8,10H2,1H3,(H,23,25,26). The Labute approximate surface area is 157 Å². The highest BCUT2D eigenvalue weighted by atomic mass is 19.1. The van der Waals surface area contributed by atoms with Crippen LogP contribution in [0.2, 0.25) is 0 Å². The molecule has 0 aliphatic carbocycles. The van der Waals surface area contributed by atoms with E-state index in [1.165, 1.54) is 0 Å². The molecule has 7 heteroatoms. The fourth-order valence-corrected chi connectivity index (χ4v) is 4.56. The van der Waals surface area contributed by atoms with E-state index in [4.69, 9.17) is 0 Å². The molecule has 3 amide bonds. The van der Waals surface area contributed by atoms with Gasteiger partial charge in [-0.15, -0.1) is 0 Å². The van der Waals surface area contributed by atoms with Crippen molar-refractivity contribution < 1.29 is 18.8 Å². The average molecular weight is 373 g/mol. The van der Waals surface area contributed by atoms with E-state index in [-0.39, 0.29) is 30.1 Å². The highest BCUT2D eigenvalue weighted by Gasteiger charge is 2.44. The van der Waals surface area contributed by atoms with Crippen molar-refractivity contribution in [2.75, 3.05) is 18.0 Å². The predicted octanol–water partition coefficient (Wildman–Crippen LogP) is 1.75. The lowest BCUT2D eigenvalue weighted by atomic mass is 9.86. The summed E-state index contributed by atoms with van der Waals surface area (Å²) in [4.78, 5) is 38.4. The molecule has 0 saturated carbocycles. The van der Waals surface area contributed by atoms with Crippen LogP contribution < -0.4 is 15.5 Å². The zero-order valence-electron chi connectivity index (χ0n) is 15.3. The summed E-state index contributed by atoms with van der Waals surface area (Å²) >= 11 is 0. The first-order valence-corrected chi connectivity index (χ1v) is 9.66. The molecule has 0 radical (unpaired) electrons. The second-order valence-electron chi connectivity index (χ2n) is 7.57.